The highest BCUT2D eigenvalue weighted by Gasteiger charge is 2.02. The zero-order valence-corrected chi connectivity index (χ0v) is 7.03. The van der Waals surface area contributed by atoms with E-state index in [1.807, 2.05) is 19.9 Å². The molecule has 1 heteroatoms. The van der Waals surface area contributed by atoms with Crippen molar-refractivity contribution in [2.24, 2.45) is 0 Å². The predicted octanol–water partition coefficient (Wildman–Crippen LogP) is 3.29. The van der Waals surface area contributed by atoms with E-state index in [4.69, 9.17) is 0 Å². The van der Waals surface area contributed by atoms with E-state index in [-0.39, 0.29) is 5.83 Å². The van der Waals surface area contributed by atoms with Crippen molar-refractivity contribution in [3.63, 3.8) is 0 Å². The van der Waals surface area contributed by atoms with E-state index in [1.165, 1.54) is 0 Å². The summed E-state index contributed by atoms with van der Waals surface area (Å²) in [5.74, 6) is -0.254. The Morgan fingerprint density at radius 1 is 1.27 bits per heavy atom. The summed E-state index contributed by atoms with van der Waals surface area (Å²) >= 11 is 0. The summed E-state index contributed by atoms with van der Waals surface area (Å²) in [4.78, 5) is 0. The van der Waals surface area contributed by atoms with Gasteiger partial charge in [0.25, 0.3) is 0 Å². The topological polar surface area (TPSA) is 0 Å². The van der Waals surface area contributed by atoms with Crippen LogP contribution in [0.4, 0.5) is 4.39 Å². The molecule has 1 aliphatic rings. The third kappa shape index (κ3) is 1.69. The summed E-state index contributed by atoms with van der Waals surface area (Å²) in [5, 5.41) is 0. The lowest BCUT2D eigenvalue weighted by molar-refractivity contribution is 0.652. The number of halogens is 1. The fourth-order valence-corrected chi connectivity index (χ4v) is 0.950. The van der Waals surface area contributed by atoms with Crippen LogP contribution in [-0.4, -0.2) is 0 Å². The standard InChI is InChI=1S/C10H11F/c1-7-4-5-10(11)9(3)8(2)6-7/h4,6H,1-3H3. The third-order valence-electron chi connectivity index (χ3n) is 1.79. The predicted molar refractivity (Wildman–Crippen MR) is 44.8 cm³/mol. The van der Waals surface area contributed by atoms with Gasteiger partial charge >= 0.3 is 0 Å². The molecule has 0 fully saturated rings. The van der Waals surface area contributed by atoms with Gasteiger partial charge in [0.2, 0.25) is 0 Å². The van der Waals surface area contributed by atoms with Gasteiger partial charge < -0.3 is 0 Å². The van der Waals surface area contributed by atoms with Crippen LogP contribution in [0.15, 0.2) is 40.4 Å². The molecule has 0 saturated heterocycles. The molecule has 11 heavy (non-hydrogen) atoms. The van der Waals surface area contributed by atoms with Crippen molar-refractivity contribution >= 4 is 0 Å². The Bertz CT molecular complexity index is 297. The molecule has 0 atom stereocenters. The molecule has 0 aromatic rings. The summed E-state index contributed by atoms with van der Waals surface area (Å²) in [6.45, 7) is 5.60. The van der Waals surface area contributed by atoms with Gasteiger partial charge in [-0.3, -0.25) is 0 Å². The molecular weight excluding hydrogens is 139 g/mol. The fourth-order valence-electron chi connectivity index (χ4n) is 0.950. The molecule has 0 nitrogen and oxygen atoms in total. The average molecular weight is 150 g/mol. The summed E-state index contributed by atoms with van der Waals surface area (Å²) < 4.78 is 12.9. The molecule has 0 N–H and O–H groups in total. The summed E-state index contributed by atoms with van der Waals surface area (Å²) in [7, 11) is 0. The number of hydrogen-bond donors (Lipinski definition) is 0. The van der Waals surface area contributed by atoms with Gasteiger partial charge in [0.1, 0.15) is 0 Å². The zero-order valence-electron chi connectivity index (χ0n) is 7.03. The van der Waals surface area contributed by atoms with E-state index in [1.54, 1.807) is 13.0 Å². The van der Waals surface area contributed by atoms with Crippen molar-refractivity contribution in [3.05, 3.63) is 40.4 Å². The molecule has 0 amide bonds. The molecule has 0 heterocycles. The van der Waals surface area contributed by atoms with E-state index in [9.17, 15) is 4.39 Å². The molecule has 58 valence electrons. The van der Waals surface area contributed by atoms with Crippen LogP contribution in [0.1, 0.15) is 20.8 Å². The van der Waals surface area contributed by atoms with Crippen molar-refractivity contribution in [2.75, 3.05) is 0 Å². The van der Waals surface area contributed by atoms with E-state index in [2.05, 4.69) is 5.73 Å². The van der Waals surface area contributed by atoms with E-state index >= 15 is 0 Å². The van der Waals surface area contributed by atoms with Crippen LogP contribution >= 0.6 is 0 Å². The SMILES string of the molecule is CC1=CC(C)=C(C)C(F)=C=C1. The van der Waals surface area contributed by atoms with Crippen LogP contribution in [0.25, 0.3) is 0 Å². The lowest BCUT2D eigenvalue weighted by Gasteiger charge is -1.96. The van der Waals surface area contributed by atoms with E-state index in [0.29, 0.717) is 5.57 Å². The van der Waals surface area contributed by atoms with E-state index < -0.39 is 0 Å². The molecule has 0 bridgehead atoms. The Balaban J connectivity index is 3.26. The second kappa shape index (κ2) is 2.89. The normalized spacial score (nSPS) is 17.8. The summed E-state index contributed by atoms with van der Waals surface area (Å²) in [6, 6.07) is 0. The summed E-state index contributed by atoms with van der Waals surface area (Å²) in [5.41, 5.74) is 5.26. The first kappa shape index (κ1) is 8.03. The van der Waals surface area contributed by atoms with Crippen molar-refractivity contribution in [1.29, 1.82) is 0 Å². The first-order valence-electron chi connectivity index (χ1n) is 3.59. The monoisotopic (exact) mass is 150 g/mol. The highest BCUT2D eigenvalue weighted by Crippen LogP contribution is 2.19. The Kier molecular flexibility index (Phi) is 2.11. The van der Waals surface area contributed by atoms with Gasteiger partial charge in [-0.2, -0.15) is 4.39 Å². The minimum Gasteiger partial charge on any atom is -0.197 e. The minimum absolute atomic E-state index is 0.254. The number of hydrogen-bond acceptors (Lipinski definition) is 0. The molecule has 1 aliphatic carbocycles. The smallest absolute Gasteiger partial charge is 0.168 e. The molecular formula is C10H11F. The van der Waals surface area contributed by atoms with Gasteiger partial charge in [0.05, 0.1) is 0 Å². The molecule has 0 spiro atoms. The second-order valence-electron chi connectivity index (χ2n) is 2.80. The maximum absolute atomic E-state index is 12.9. The molecule has 0 aromatic heterocycles. The largest absolute Gasteiger partial charge is 0.197 e. The Labute approximate surface area is 66.4 Å². The molecule has 0 unspecified atom stereocenters. The first-order valence-corrected chi connectivity index (χ1v) is 3.59. The van der Waals surface area contributed by atoms with E-state index in [0.717, 1.165) is 11.1 Å². The zero-order chi connectivity index (χ0) is 8.43. The summed E-state index contributed by atoms with van der Waals surface area (Å²) in [6.07, 6.45) is 3.62. The van der Waals surface area contributed by atoms with Gasteiger partial charge in [0, 0.05) is 0 Å². The second-order valence-corrected chi connectivity index (χ2v) is 2.80. The van der Waals surface area contributed by atoms with Crippen LogP contribution in [0.5, 0.6) is 0 Å². The Morgan fingerprint density at radius 3 is 2.55 bits per heavy atom. The van der Waals surface area contributed by atoms with Crippen LogP contribution in [0, 0.1) is 0 Å². The van der Waals surface area contributed by atoms with Crippen molar-refractivity contribution in [1.82, 2.24) is 0 Å². The number of allylic oxidation sites excluding steroid dienone is 5. The maximum atomic E-state index is 12.9. The third-order valence-corrected chi connectivity index (χ3v) is 1.79. The Hall–Kier alpha value is -1.07. The molecule has 0 aromatic carbocycles. The Morgan fingerprint density at radius 2 is 1.91 bits per heavy atom. The lowest BCUT2D eigenvalue weighted by atomic mass is 10.1. The van der Waals surface area contributed by atoms with Crippen LogP contribution in [-0.2, 0) is 0 Å². The van der Waals surface area contributed by atoms with Crippen LogP contribution < -0.4 is 0 Å². The average Bonchev–Trinajstić information content (AvgIpc) is 2.05. The van der Waals surface area contributed by atoms with Gasteiger partial charge in [0.15, 0.2) is 5.83 Å². The first-order chi connectivity index (χ1) is 5.11. The molecule has 0 saturated carbocycles. The van der Waals surface area contributed by atoms with Gasteiger partial charge in [-0.05, 0) is 43.6 Å². The highest BCUT2D eigenvalue weighted by molar-refractivity contribution is 5.40. The van der Waals surface area contributed by atoms with Crippen LogP contribution in [0.3, 0.4) is 0 Å². The number of rotatable bonds is 0. The molecule has 0 radical (unpaired) electrons. The molecule has 0 aliphatic heterocycles. The van der Waals surface area contributed by atoms with Gasteiger partial charge in [-0.1, -0.05) is 11.8 Å². The van der Waals surface area contributed by atoms with Gasteiger partial charge in [-0.25, -0.2) is 0 Å². The quantitative estimate of drug-likeness (QED) is 0.465. The van der Waals surface area contributed by atoms with Gasteiger partial charge in [-0.15, -0.1) is 0 Å². The van der Waals surface area contributed by atoms with Crippen molar-refractivity contribution in [3.8, 4) is 0 Å². The lowest BCUT2D eigenvalue weighted by Crippen LogP contribution is -1.79. The minimum atomic E-state index is -0.254. The molecule has 1 rings (SSSR count). The fraction of sp³-hybridized carbons (Fsp3) is 0.300. The van der Waals surface area contributed by atoms with Crippen LogP contribution in [0.2, 0.25) is 0 Å². The highest BCUT2D eigenvalue weighted by atomic mass is 19.1. The maximum Gasteiger partial charge on any atom is 0.168 e. The van der Waals surface area contributed by atoms with Crippen molar-refractivity contribution < 1.29 is 4.39 Å². The van der Waals surface area contributed by atoms with Crippen molar-refractivity contribution in [2.45, 2.75) is 20.8 Å².